The van der Waals surface area contributed by atoms with Gasteiger partial charge in [-0.1, -0.05) is 13.5 Å². The quantitative estimate of drug-likeness (QED) is 0.674. The van der Waals surface area contributed by atoms with Gasteiger partial charge in [0.25, 0.3) is 0 Å². The van der Waals surface area contributed by atoms with Gasteiger partial charge in [0.2, 0.25) is 0 Å². The highest BCUT2D eigenvalue weighted by atomic mass is 15.2. The van der Waals surface area contributed by atoms with E-state index in [1.807, 2.05) is 0 Å². The molecule has 0 bridgehead atoms. The third-order valence-electron chi connectivity index (χ3n) is 3.33. The highest BCUT2D eigenvalue weighted by Gasteiger charge is 2.23. The normalized spacial score (nSPS) is 25.5. The van der Waals surface area contributed by atoms with Crippen molar-refractivity contribution in [1.82, 2.24) is 4.90 Å². The van der Waals surface area contributed by atoms with Crippen LogP contribution in [0, 0.1) is 0 Å². The Kier molecular flexibility index (Phi) is 2.94. The van der Waals surface area contributed by atoms with E-state index < -0.39 is 0 Å². The Hall–Kier alpha value is -1.05. The second kappa shape index (κ2) is 4.21. The van der Waals surface area contributed by atoms with E-state index >= 15 is 0 Å². The molecule has 2 aliphatic rings. The number of hydrogen-bond acceptors (Lipinski definition) is 2. The van der Waals surface area contributed by atoms with Crippen molar-refractivity contribution in [3.05, 3.63) is 23.5 Å². The molecular weight excluding hydrogens is 184 g/mol. The first-order valence-electron chi connectivity index (χ1n) is 5.90. The van der Waals surface area contributed by atoms with Crippen LogP contribution in [0.1, 0.15) is 39.5 Å². The Morgan fingerprint density at radius 1 is 1.67 bits per heavy atom. The monoisotopic (exact) mass is 204 g/mol. The van der Waals surface area contributed by atoms with E-state index in [2.05, 4.69) is 36.5 Å². The van der Waals surface area contributed by atoms with E-state index in [-0.39, 0.29) is 0 Å². The van der Waals surface area contributed by atoms with E-state index in [9.17, 15) is 0 Å². The zero-order valence-electron chi connectivity index (χ0n) is 9.79. The van der Waals surface area contributed by atoms with Gasteiger partial charge >= 0.3 is 0 Å². The molecule has 2 nitrogen and oxygen atoms in total. The molecule has 0 radical (unpaired) electrons. The SMILES string of the molecule is C=C(C)N1CCCC2=C1C=NC(CC)C2. The summed E-state index contributed by atoms with van der Waals surface area (Å²) in [5.41, 5.74) is 4.06. The molecule has 0 aromatic heterocycles. The van der Waals surface area contributed by atoms with Gasteiger partial charge in [-0.3, -0.25) is 4.99 Å². The lowest BCUT2D eigenvalue weighted by Crippen LogP contribution is -2.31. The Bertz CT molecular complexity index is 325. The van der Waals surface area contributed by atoms with Gasteiger partial charge in [-0.15, -0.1) is 0 Å². The molecule has 1 atom stereocenters. The molecule has 0 saturated carbocycles. The first-order chi connectivity index (χ1) is 7.22. The van der Waals surface area contributed by atoms with Crippen LogP contribution in [0.25, 0.3) is 0 Å². The number of aliphatic imine (C=N–C) groups is 1. The van der Waals surface area contributed by atoms with Gasteiger partial charge in [0, 0.05) is 18.5 Å². The number of nitrogens with zero attached hydrogens (tertiary/aromatic N) is 2. The summed E-state index contributed by atoms with van der Waals surface area (Å²) in [4.78, 5) is 6.91. The predicted molar refractivity (Wildman–Crippen MR) is 65.0 cm³/mol. The molecule has 0 spiro atoms. The molecule has 0 amide bonds. The zero-order valence-corrected chi connectivity index (χ0v) is 9.79. The van der Waals surface area contributed by atoms with Crippen molar-refractivity contribution >= 4 is 6.21 Å². The Morgan fingerprint density at radius 2 is 2.47 bits per heavy atom. The Balaban J connectivity index is 2.23. The lowest BCUT2D eigenvalue weighted by atomic mass is 9.93. The standard InChI is InChI=1S/C13H20N2/c1-4-12-8-11-6-5-7-15(10(2)3)13(11)9-14-12/h9,12H,2,4-8H2,1,3H3. The molecule has 2 heteroatoms. The number of rotatable bonds is 2. The topological polar surface area (TPSA) is 15.6 Å². The smallest absolute Gasteiger partial charge is 0.0582 e. The lowest BCUT2D eigenvalue weighted by molar-refractivity contribution is 0.394. The van der Waals surface area contributed by atoms with Crippen molar-refractivity contribution < 1.29 is 0 Å². The zero-order chi connectivity index (χ0) is 10.8. The summed E-state index contributed by atoms with van der Waals surface area (Å²) in [6.45, 7) is 9.44. The average Bonchev–Trinajstić information content (AvgIpc) is 2.27. The summed E-state index contributed by atoms with van der Waals surface area (Å²) in [5.74, 6) is 0. The van der Waals surface area contributed by atoms with Gasteiger partial charge in [0.15, 0.2) is 0 Å². The predicted octanol–water partition coefficient (Wildman–Crippen LogP) is 3.12. The minimum absolute atomic E-state index is 0.522. The van der Waals surface area contributed by atoms with Crippen LogP contribution >= 0.6 is 0 Å². The van der Waals surface area contributed by atoms with E-state index in [1.54, 1.807) is 5.57 Å². The molecular formula is C13H20N2. The molecule has 0 fully saturated rings. The van der Waals surface area contributed by atoms with Crippen LogP contribution in [0.2, 0.25) is 0 Å². The van der Waals surface area contributed by atoms with Gasteiger partial charge in [-0.2, -0.15) is 0 Å². The molecule has 1 unspecified atom stereocenters. The molecule has 0 aromatic carbocycles. The maximum absolute atomic E-state index is 4.60. The minimum atomic E-state index is 0.522. The second-order valence-corrected chi connectivity index (χ2v) is 4.52. The van der Waals surface area contributed by atoms with Crippen LogP contribution in [0.15, 0.2) is 28.5 Å². The Morgan fingerprint density at radius 3 is 3.13 bits per heavy atom. The Labute approximate surface area is 92.4 Å². The third kappa shape index (κ3) is 1.99. The van der Waals surface area contributed by atoms with Crippen molar-refractivity contribution in [2.75, 3.05) is 6.54 Å². The number of dihydropyridines is 1. The first-order valence-corrected chi connectivity index (χ1v) is 5.90. The molecule has 2 rings (SSSR count). The van der Waals surface area contributed by atoms with Gasteiger partial charge in [-0.05, 0) is 38.2 Å². The van der Waals surface area contributed by atoms with Gasteiger partial charge < -0.3 is 4.90 Å². The second-order valence-electron chi connectivity index (χ2n) is 4.52. The summed E-state index contributed by atoms with van der Waals surface area (Å²) >= 11 is 0. The summed E-state index contributed by atoms with van der Waals surface area (Å²) in [6, 6.07) is 0.522. The van der Waals surface area contributed by atoms with Crippen molar-refractivity contribution in [2.45, 2.75) is 45.6 Å². The van der Waals surface area contributed by atoms with Crippen LogP contribution in [-0.2, 0) is 0 Å². The maximum Gasteiger partial charge on any atom is 0.0582 e. The number of allylic oxidation sites excluding steroid dienone is 2. The van der Waals surface area contributed by atoms with Crippen molar-refractivity contribution in [3.8, 4) is 0 Å². The molecule has 0 saturated heterocycles. The first kappa shape index (κ1) is 10.5. The summed E-state index contributed by atoms with van der Waals surface area (Å²) in [7, 11) is 0. The maximum atomic E-state index is 4.60. The molecule has 0 aliphatic carbocycles. The van der Waals surface area contributed by atoms with Crippen molar-refractivity contribution in [3.63, 3.8) is 0 Å². The van der Waals surface area contributed by atoms with Gasteiger partial charge in [0.1, 0.15) is 0 Å². The van der Waals surface area contributed by atoms with E-state index in [4.69, 9.17) is 0 Å². The van der Waals surface area contributed by atoms with E-state index in [1.165, 1.54) is 18.5 Å². The van der Waals surface area contributed by atoms with Gasteiger partial charge in [-0.25, -0.2) is 0 Å². The third-order valence-corrected chi connectivity index (χ3v) is 3.33. The van der Waals surface area contributed by atoms with Gasteiger partial charge in [0.05, 0.1) is 11.7 Å². The molecule has 0 N–H and O–H groups in total. The molecule has 2 aliphatic heterocycles. The average molecular weight is 204 g/mol. The molecule has 2 heterocycles. The summed E-state index contributed by atoms with van der Waals surface area (Å²) in [6.07, 6.45) is 6.89. The van der Waals surface area contributed by atoms with Crippen LogP contribution in [0.3, 0.4) is 0 Å². The molecule has 15 heavy (non-hydrogen) atoms. The fourth-order valence-electron chi connectivity index (χ4n) is 2.42. The minimum Gasteiger partial charge on any atom is -0.345 e. The highest BCUT2D eigenvalue weighted by Crippen LogP contribution is 2.31. The van der Waals surface area contributed by atoms with Crippen LogP contribution in [0.4, 0.5) is 0 Å². The fraction of sp³-hybridized carbons (Fsp3) is 0.615. The largest absolute Gasteiger partial charge is 0.345 e. The number of hydrogen-bond donors (Lipinski definition) is 0. The van der Waals surface area contributed by atoms with E-state index in [0.29, 0.717) is 6.04 Å². The van der Waals surface area contributed by atoms with Crippen molar-refractivity contribution in [1.29, 1.82) is 0 Å². The molecule has 82 valence electrons. The van der Waals surface area contributed by atoms with E-state index in [0.717, 1.165) is 25.1 Å². The highest BCUT2D eigenvalue weighted by molar-refractivity contribution is 5.81. The summed E-state index contributed by atoms with van der Waals surface area (Å²) < 4.78 is 0. The lowest BCUT2D eigenvalue weighted by Gasteiger charge is -2.35. The molecule has 0 aromatic rings. The van der Waals surface area contributed by atoms with Crippen LogP contribution in [-0.4, -0.2) is 23.7 Å². The van der Waals surface area contributed by atoms with Crippen molar-refractivity contribution in [2.24, 2.45) is 4.99 Å². The van der Waals surface area contributed by atoms with Crippen LogP contribution in [0.5, 0.6) is 0 Å². The van der Waals surface area contributed by atoms with Crippen LogP contribution < -0.4 is 0 Å². The fourth-order valence-corrected chi connectivity index (χ4v) is 2.42. The summed E-state index contributed by atoms with van der Waals surface area (Å²) in [5, 5.41) is 0.